The molecule has 1 aromatic carbocycles. The lowest BCUT2D eigenvalue weighted by Gasteiger charge is -2.29. The van der Waals surface area contributed by atoms with Gasteiger partial charge in [0, 0.05) is 19.3 Å². The third kappa shape index (κ3) is 3.09. The van der Waals surface area contributed by atoms with Crippen LogP contribution in [0.5, 0.6) is 0 Å². The van der Waals surface area contributed by atoms with Gasteiger partial charge in [0.15, 0.2) is 0 Å². The number of halogens is 1. The molecule has 1 fully saturated rings. The van der Waals surface area contributed by atoms with Gasteiger partial charge in [0.1, 0.15) is 5.82 Å². The van der Waals surface area contributed by atoms with Crippen molar-refractivity contribution in [2.45, 2.75) is 25.8 Å². The topological polar surface area (TPSA) is 47.3 Å². The van der Waals surface area contributed by atoms with Crippen LogP contribution in [-0.2, 0) is 4.74 Å². The maximum absolute atomic E-state index is 12.9. The summed E-state index contributed by atoms with van der Waals surface area (Å²) in [7, 11) is 0. The van der Waals surface area contributed by atoms with E-state index in [9.17, 15) is 4.39 Å². The molecular formula is C13H19FN2O. The third-order valence-electron chi connectivity index (χ3n) is 3.37. The van der Waals surface area contributed by atoms with E-state index in [0.717, 1.165) is 31.7 Å². The number of hydrogen-bond acceptors (Lipinski definition) is 3. The molecule has 1 saturated heterocycles. The Hall–Kier alpha value is -1.29. The molecule has 3 N–H and O–H groups in total. The molecule has 1 unspecified atom stereocenters. The molecule has 2 rings (SSSR count). The van der Waals surface area contributed by atoms with E-state index in [1.165, 1.54) is 12.1 Å². The van der Waals surface area contributed by atoms with Crippen LogP contribution in [0.1, 0.15) is 19.8 Å². The van der Waals surface area contributed by atoms with Crippen LogP contribution in [0.4, 0.5) is 15.8 Å². The molecule has 94 valence electrons. The van der Waals surface area contributed by atoms with Crippen molar-refractivity contribution in [1.82, 2.24) is 0 Å². The minimum Gasteiger partial charge on any atom is -0.397 e. The molecule has 0 saturated carbocycles. The van der Waals surface area contributed by atoms with Crippen molar-refractivity contribution in [2.75, 3.05) is 24.3 Å². The first-order chi connectivity index (χ1) is 8.16. The molecule has 4 heteroatoms. The Bertz CT molecular complexity index is 378. The van der Waals surface area contributed by atoms with Crippen LogP contribution in [0.15, 0.2) is 18.2 Å². The molecule has 1 atom stereocenters. The van der Waals surface area contributed by atoms with Crippen molar-refractivity contribution in [2.24, 2.45) is 5.92 Å². The average Bonchev–Trinajstić information content (AvgIpc) is 2.34. The smallest absolute Gasteiger partial charge is 0.125 e. The molecule has 3 nitrogen and oxygen atoms in total. The molecule has 17 heavy (non-hydrogen) atoms. The maximum atomic E-state index is 12.9. The number of ether oxygens (including phenoxy) is 1. The predicted molar refractivity (Wildman–Crippen MR) is 67.4 cm³/mol. The van der Waals surface area contributed by atoms with E-state index in [1.54, 1.807) is 6.07 Å². The van der Waals surface area contributed by atoms with E-state index in [4.69, 9.17) is 10.5 Å². The standard InChI is InChI=1S/C13H19FN2O/c1-9(10-4-6-17-7-5-10)16-13-3-2-11(14)8-12(13)15/h2-3,8-10,16H,4-7,15H2,1H3. The van der Waals surface area contributed by atoms with Crippen molar-refractivity contribution in [3.05, 3.63) is 24.0 Å². The highest BCUT2D eigenvalue weighted by atomic mass is 19.1. The van der Waals surface area contributed by atoms with Gasteiger partial charge >= 0.3 is 0 Å². The molecule has 0 aromatic heterocycles. The minimum atomic E-state index is -0.299. The van der Waals surface area contributed by atoms with Crippen molar-refractivity contribution in [3.63, 3.8) is 0 Å². The zero-order chi connectivity index (χ0) is 12.3. The minimum absolute atomic E-state index is 0.299. The van der Waals surface area contributed by atoms with Crippen molar-refractivity contribution >= 4 is 11.4 Å². The first-order valence-corrected chi connectivity index (χ1v) is 6.06. The molecule has 0 radical (unpaired) electrons. The highest BCUT2D eigenvalue weighted by Crippen LogP contribution is 2.25. The lowest BCUT2D eigenvalue weighted by atomic mass is 9.93. The summed E-state index contributed by atoms with van der Waals surface area (Å²) in [5.74, 6) is 0.292. The van der Waals surface area contributed by atoms with Gasteiger partial charge in [0.2, 0.25) is 0 Å². The molecule has 0 aliphatic carbocycles. The molecular weight excluding hydrogens is 219 g/mol. The monoisotopic (exact) mass is 238 g/mol. The molecule has 1 aliphatic heterocycles. The van der Waals surface area contributed by atoms with E-state index in [0.29, 0.717) is 17.6 Å². The largest absolute Gasteiger partial charge is 0.397 e. The van der Waals surface area contributed by atoms with Gasteiger partial charge in [-0.25, -0.2) is 4.39 Å². The van der Waals surface area contributed by atoms with Crippen LogP contribution < -0.4 is 11.1 Å². The van der Waals surface area contributed by atoms with Gasteiger partial charge in [0.25, 0.3) is 0 Å². The van der Waals surface area contributed by atoms with E-state index < -0.39 is 0 Å². The van der Waals surface area contributed by atoms with E-state index in [-0.39, 0.29) is 5.82 Å². The highest BCUT2D eigenvalue weighted by molar-refractivity contribution is 5.66. The van der Waals surface area contributed by atoms with Gasteiger partial charge in [-0.2, -0.15) is 0 Å². The number of rotatable bonds is 3. The van der Waals surface area contributed by atoms with Crippen molar-refractivity contribution in [3.8, 4) is 0 Å². The number of hydrogen-bond donors (Lipinski definition) is 2. The SMILES string of the molecule is CC(Nc1ccc(F)cc1N)C1CCOCC1. The second kappa shape index (κ2) is 5.36. The zero-order valence-electron chi connectivity index (χ0n) is 10.1. The highest BCUT2D eigenvalue weighted by Gasteiger charge is 2.20. The number of nitrogens with one attached hydrogen (secondary N) is 1. The summed E-state index contributed by atoms with van der Waals surface area (Å²) in [5.41, 5.74) is 7.04. The summed E-state index contributed by atoms with van der Waals surface area (Å²) >= 11 is 0. The molecule has 0 spiro atoms. The Morgan fingerprint density at radius 2 is 2.12 bits per heavy atom. The fourth-order valence-corrected chi connectivity index (χ4v) is 2.24. The van der Waals surface area contributed by atoms with Gasteiger partial charge in [-0.15, -0.1) is 0 Å². The zero-order valence-corrected chi connectivity index (χ0v) is 10.1. The van der Waals surface area contributed by atoms with Crippen LogP contribution in [0, 0.1) is 11.7 Å². The van der Waals surface area contributed by atoms with Crippen LogP contribution in [-0.4, -0.2) is 19.3 Å². The van der Waals surface area contributed by atoms with Crippen molar-refractivity contribution in [1.29, 1.82) is 0 Å². The quantitative estimate of drug-likeness (QED) is 0.796. The van der Waals surface area contributed by atoms with E-state index in [2.05, 4.69) is 12.2 Å². The summed E-state index contributed by atoms with van der Waals surface area (Å²) in [4.78, 5) is 0. The number of anilines is 2. The summed E-state index contributed by atoms with van der Waals surface area (Å²) in [6.45, 7) is 3.80. The summed E-state index contributed by atoms with van der Waals surface area (Å²) in [6, 6.07) is 4.79. The average molecular weight is 238 g/mol. The third-order valence-corrected chi connectivity index (χ3v) is 3.37. The molecule has 1 heterocycles. The van der Waals surface area contributed by atoms with Crippen LogP contribution >= 0.6 is 0 Å². The van der Waals surface area contributed by atoms with E-state index >= 15 is 0 Å². The molecule has 1 aliphatic rings. The Labute approximate surface area is 101 Å². The number of benzene rings is 1. The van der Waals surface area contributed by atoms with Gasteiger partial charge in [-0.3, -0.25) is 0 Å². The molecule has 1 aromatic rings. The second-order valence-corrected chi connectivity index (χ2v) is 4.61. The second-order valence-electron chi connectivity index (χ2n) is 4.61. The lowest BCUT2D eigenvalue weighted by Crippen LogP contribution is -2.31. The van der Waals surface area contributed by atoms with Crippen LogP contribution in [0.3, 0.4) is 0 Å². The first kappa shape index (κ1) is 12.2. The summed E-state index contributed by atoms with van der Waals surface area (Å²) in [5, 5.41) is 3.36. The van der Waals surface area contributed by atoms with Gasteiger partial charge in [-0.05, 0) is 43.9 Å². The Kier molecular flexibility index (Phi) is 3.84. The van der Waals surface area contributed by atoms with Crippen LogP contribution in [0.25, 0.3) is 0 Å². The fourth-order valence-electron chi connectivity index (χ4n) is 2.24. The predicted octanol–water partition coefficient (Wildman–Crippen LogP) is 2.63. The van der Waals surface area contributed by atoms with Gasteiger partial charge in [-0.1, -0.05) is 0 Å². The Balaban J connectivity index is 1.99. The Morgan fingerprint density at radius 1 is 1.41 bits per heavy atom. The Morgan fingerprint density at radius 3 is 2.76 bits per heavy atom. The maximum Gasteiger partial charge on any atom is 0.125 e. The number of nitrogens with two attached hydrogens (primary N) is 1. The van der Waals surface area contributed by atoms with Gasteiger partial charge in [0.05, 0.1) is 11.4 Å². The summed E-state index contributed by atoms with van der Waals surface area (Å²) in [6.07, 6.45) is 2.13. The molecule has 0 amide bonds. The first-order valence-electron chi connectivity index (χ1n) is 6.06. The fraction of sp³-hybridized carbons (Fsp3) is 0.538. The van der Waals surface area contributed by atoms with Crippen molar-refractivity contribution < 1.29 is 9.13 Å². The lowest BCUT2D eigenvalue weighted by molar-refractivity contribution is 0.0622. The normalized spacial score (nSPS) is 18.9. The van der Waals surface area contributed by atoms with E-state index in [1.807, 2.05) is 0 Å². The molecule has 0 bridgehead atoms. The summed E-state index contributed by atoms with van der Waals surface area (Å²) < 4.78 is 18.3. The van der Waals surface area contributed by atoms with Crippen LogP contribution in [0.2, 0.25) is 0 Å². The van der Waals surface area contributed by atoms with Gasteiger partial charge < -0.3 is 15.8 Å². The number of nitrogen functional groups attached to an aromatic ring is 1.